The fraction of sp³-hybridized carbons (Fsp3) is 0.583. The van der Waals surface area contributed by atoms with Crippen LogP contribution in [0.4, 0.5) is 11.5 Å². The summed E-state index contributed by atoms with van der Waals surface area (Å²) in [6.07, 6.45) is 2.11. The van der Waals surface area contributed by atoms with E-state index in [0.717, 1.165) is 0 Å². The molecule has 0 radical (unpaired) electrons. The van der Waals surface area contributed by atoms with Crippen LogP contribution in [-0.4, -0.2) is 41.6 Å². The number of carbonyl (C=O) groups excluding carboxylic acids is 1. The first-order chi connectivity index (χ1) is 9.19. The summed E-state index contributed by atoms with van der Waals surface area (Å²) in [5.41, 5.74) is 6.43. The van der Waals surface area contributed by atoms with E-state index in [1.54, 1.807) is 0 Å². The lowest BCUT2D eigenvalue weighted by molar-refractivity contribution is -0.123. The number of nitrogens with zero attached hydrogens (tertiary/aromatic N) is 3. The van der Waals surface area contributed by atoms with Crippen molar-refractivity contribution in [2.45, 2.75) is 26.3 Å². The number of nitrogen functional groups attached to an aromatic ring is 1. The molecule has 7 heteroatoms. The zero-order valence-corrected chi connectivity index (χ0v) is 11.2. The van der Waals surface area contributed by atoms with E-state index in [9.17, 15) is 4.79 Å². The predicted octanol–water partition coefficient (Wildman–Crippen LogP) is 0.172. The molecule has 104 valence electrons. The third-order valence-electron chi connectivity index (χ3n) is 3.10. The zero-order valence-electron chi connectivity index (χ0n) is 11.2. The fourth-order valence-corrected chi connectivity index (χ4v) is 2.23. The van der Waals surface area contributed by atoms with Crippen LogP contribution in [-0.2, 0) is 4.79 Å². The minimum atomic E-state index is -0.250. The Morgan fingerprint density at radius 1 is 1.53 bits per heavy atom. The summed E-state index contributed by atoms with van der Waals surface area (Å²) < 4.78 is 5.36. The van der Waals surface area contributed by atoms with E-state index >= 15 is 0 Å². The second-order valence-electron chi connectivity index (χ2n) is 4.26. The number of amides is 1. The summed E-state index contributed by atoms with van der Waals surface area (Å²) >= 11 is 0. The topological polar surface area (TPSA) is 93.4 Å². The number of hydrogen-bond acceptors (Lipinski definition) is 6. The fourth-order valence-electron chi connectivity index (χ4n) is 2.23. The monoisotopic (exact) mass is 265 g/mol. The van der Waals surface area contributed by atoms with Gasteiger partial charge in [0.1, 0.15) is 18.1 Å². The third kappa shape index (κ3) is 2.54. The Labute approximate surface area is 112 Å². The van der Waals surface area contributed by atoms with E-state index in [1.165, 1.54) is 6.33 Å². The van der Waals surface area contributed by atoms with Gasteiger partial charge in [-0.15, -0.1) is 0 Å². The van der Waals surface area contributed by atoms with Crippen molar-refractivity contribution in [1.29, 1.82) is 0 Å². The molecule has 19 heavy (non-hydrogen) atoms. The summed E-state index contributed by atoms with van der Waals surface area (Å²) in [5, 5.41) is 2.85. The Morgan fingerprint density at radius 2 is 2.32 bits per heavy atom. The normalized spacial score (nSPS) is 19.2. The highest BCUT2D eigenvalue weighted by Crippen LogP contribution is 2.30. The molecule has 1 aliphatic heterocycles. The molecule has 0 bridgehead atoms. The molecule has 7 nitrogen and oxygen atoms in total. The average molecular weight is 265 g/mol. The summed E-state index contributed by atoms with van der Waals surface area (Å²) in [5.74, 6) is 0.943. The van der Waals surface area contributed by atoms with Crippen molar-refractivity contribution in [1.82, 2.24) is 15.3 Å². The van der Waals surface area contributed by atoms with Gasteiger partial charge in [-0.1, -0.05) is 6.92 Å². The SMILES string of the molecule is CCOc1ncnc(N2CCNC(=O)C2CC)c1N. The Balaban J connectivity index is 2.34. The molecule has 2 heterocycles. The molecule has 1 amide bonds. The summed E-state index contributed by atoms with van der Waals surface area (Å²) in [6.45, 7) is 5.58. The molecule has 1 aromatic rings. The largest absolute Gasteiger partial charge is 0.476 e. The lowest BCUT2D eigenvalue weighted by Crippen LogP contribution is -2.55. The van der Waals surface area contributed by atoms with Crippen LogP contribution in [0.25, 0.3) is 0 Å². The second kappa shape index (κ2) is 5.73. The standard InChI is InChI=1S/C12H19N5O2/c1-3-8-11(18)14-5-6-17(8)10-9(13)12(19-4-2)16-7-15-10/h7-8H,3-6,13H2,1-2H3,(H,14,18). The number of rotatable bonds is 4. The van der Waals surface area contributed by atoms with Crippen LogP contribution in [0, 0.1) is 0 Å². The number of aromatic nitrogens is 2. The molecule has 2 rings (SSSR count). The van der Waals surface area contributed by atoms with Gasteiger partial charge in [0.25, 0.3) is 0 Å². The minimum absolute atomic E-state index is 0.00437. The lowest BCUT2D eigenvalue weighted by atomic mass is 10.1. The molecular formula is C12H19N5O2. The average Bonchev–Trinajstić information content (AvgIpc) is 2.41. The maximum absolute atomic E-state index is 11.9. The number of nitrogens with two attached hydrogens (primary N) is 1. The van der Waals surface area contributed by atoms with Crippen molar-refractivity contribution >= 4 is 17.4 Å². The van der Waals surface area contributed by atoms with Crippen LogP contribution in [0.1, 0.15) is 20.3 Å². The molecule has 0 aliphatic carbocycles. The first-order valence-electron chi connectivity index (χ1n) is 6.46. The van der Waals surface area contributed by atoms with Gasteiger partial charge in [-0.2, -0.15) is 4.98 Å². The number of hydrogen-bond donors (Lipinski definition) is 2. The van der Waals surface area contributed by atoms with E-state index in [0.29, 0.717) is 43.5 Å². The predicted molar refractivity (Wildman–Crippen MR) is 72.0 cm³/mol. The van der Waals surface area contributed by atoms with Gasteiger partial charge in [0, 0.05) is 13.1 Å². The Morgan fingerprint density at radius 3 is 3.00 bits per heavy atom. The van der Waals surface area contributed by atoms with Gasteiger partial charge < -0.3 is 20.7 Å². The van der Waals surface area contributed by atoms with Crippen LogP contribution in [0.5, 0.6) is 5.88 Å². The van der Waals surface area contributed by atoms with Gasteiger partial charge in [0.05, 0.1) is 6.61 Å². The Bertz CT molecular complexity index is 465. The van der Waals surface area contributed by atoms with Crippen LogP contribution in [0.15, 0.2) is 6.33 Å². The van der Waals surface area contributed by atoms with Gasteiger partial charge in [-0.25, -0.2) is 4.98 Å². The molecule has 1 fully saturated rings. The van der Waals surface area contributed by atoms with Crippen molar-refractivity contribution < 1.29 is 9.53 Å². The van der Waals surface area contributed by atoms with E-state index in [4.69, 9.17) is 10.5 Å². The van der Waals surface area contributed by atoms with E-state index in [2.05, 4.69) is 15.3 Å². The number of piperazine rings is 1. The Hall–Kier alpha value is -2.05. The van der Waals surface area contributed by atoms with Crippen molar-refractivity contribution in [3.8, 4) is 5.88 Å². The summed E-state index contributed by atoms with van der Waals surface area (Å²) in [6, 6.07) is -0.250. The summed E-state index contributed by atoms with van der Waals surface area (Å²) in [4.78, 5) is 22.0. The van der Waals surface area contributed by atoms with E-state index in [1.807, 2.05) is 18.7 Å². The minimum Gasteiger partial charge on any atom is -0.476 e. The van der Waals surface area contributed by atoms with Crippen LogP contribution < -0.4 is 20.7 Å². The zero-order chi connectivity index (χ0) is 13.8. The first-order valence-corrected chi connectivity index (χ1v) is 6.46. The van der Waals surface area contributed by atoms with Crippen molar-refractivity contribution in [2.75, 3.05) is 30.3 Å². The van der Waals surface area contributed by atoms with Crippen molar-refractivity contribution in [2.24, 2.45) is 0 Å². The first kappa shape index (κ1) is 13.4. The molecule has 0 saturated carbocycles. The Kier molecular flexibility index (Phi) is 4.03. The quantitative estimate of drug-likeness (QED) is 0.806. The maximum atomic E-state index is 11.9. The highest BCUT2D eigenvalue weighted by molar-refractivity contribution is 5.87. The molecule has 1 unspecified atom stereocenters. The van der Waals surface area contributed by atoms with Crippen molar-refractivity contribution in [3.05, 3.63) is 6.33 Å². The van der Waals surface area contributed by atoms with Gasteiger partial charge in [-0.3, -0.25) is 4.79 Å². The van der Waals surface area contributed by atoms with E-state index < -0.39 is 0 Å². The molecular weight excluding hydrogens is 246 g/mol. The number of ether oxygens (including phenoxy) is 1. The molecule has 1 atom stereocenters. The highest BCUT2D eigenvalue weighted by atomic mass is 16.5. The van der Waals surface area contributed by atoms with Gasteiger partial charge in [0.15, 0.2) is 5.82 Å². The van der Waals surface area contributed by atoms with Gasteiger partial charge in [0.2, 0.25) is 11.8 Å². The third-order valence-corrected chi connectivity index (χ3v) is 3.10. The smallest absolute Gasteiger partial charge is 0.242 e. The van der Waals surface area contributed by atoms with E-state index in [-0.39, 0.29) is 11.9 Å². The summed E-state index contributed by atoms with van der Waals surface area (Å²) in [7, 11) is 0. The lowest BCUT2D eigenvalue weighted by Gasteiger charge is -2.35. The van der Waals surface area contributed by atoms with Crippen LogP contribution in [0.2, 0.25) is 0 Å². The number of nitrogens with one attached hydrogen (secondary N) is 1. The molecule has 1 saturated heterocycles. The van der Waals surface area contributed by atoms with Crippen molar-refractivity contribution in [3.63, 3.8) is 0 Å². The molecule has 1 aromatic heterocycles. The molecule has 1 aliphatic rings. The maximum Gasteiger partial charge on any atom is 0.242 e. The van der Waals surface area contributed by atoms with Crippen LogP contribution in [0.3, 0.4) is 0 Å². The highest BCUT2D eigenvalue weighted by Gasteiger charge is 2.30. The molecule has 0 spiro atoms. The number of anilines is 2. The molecule has 0 aromatic carbocycles. The van der Waals surface area contributed by atoms with Gasteiger partial charge in [-0.05, 0) is 13.3 Å². The number of carbonyl (C=O) groups is 1. The van der Waals surface area contributed by atoms with Gasteiger partial charge >= 0.3 is 0 Å². The molecule has 3 N–H and O–H groups in total. The second-order valence-corrected chi connectivity index (χ2v) is 4.26. The van der Waals surface area contributed by atoms with Crippen LogP contribution >= 0.6 is 0 Å².